The lowest BCUT2D eigenvalue weighted by Crippen LogP contribution is -2.39. The molecule has 0 aromatic carbocycles. The van der Waals surface area contributed by atoms with Gasteiger partial charge in [-0.25, -0.2) is 9.59 Å². The highest BCUT2D eigenvalue weighted by Gasteiger charge is 2.62. The zero-order valence-corrected chi connectivity index (χ0v) is 16.6. The molecule has 0 N–H and O–H groups in total. The van der Waals surface area contributed by atoms with Crippen molar-refractivity contribution >= 4 is 23.8 Å². The third-order valence-corrected chi connectivity index (χ3v) is 4.42. The first-order chi connectivity index (χ1) is 12.9. The van der Waals surface area contributed by atoms with Crippen LogP contribution >= 0.6 is 0 Å². The second kappa shape index (κ2) is 10.9. The van der Waals surface area contributed by atoms with Crippen LogP contribution < -0.4 is 0 Å². The first-order valence-electron chi connectivity index (χ1n) is 9.40. The zero-order chi connectivity index (χ0) is 20.4. The Balaban J connectivity index is 2.39. The van der Waals surface area contributed by atoms with Gasteiger partial charge in [0.05, 0.1) is 12.8 Å². The van der Waals surface area contributed by atoms with Gasteiger partial charge in [0, 0.05) is 26.2 Å². The number of ether oxygens (including phenoxy) is 3. The molecule has 2 amide bonds. The fourth-order valence-electron chi connectivity index (χ4n) is 2.56. The van der Waals surface area contributed by atoms with Gasteiger partial charge >= 0.3 is 11.9 Å². The van der Waals surface area contributed by atoms with Crippen LogP contribution in [-0.2, 0) is 33.4 Å². The molecule has 0 saturated carbocycles. The molecule has 9 heteroatoms. The van der Waals surface area contributed by atoms with Crippen LogP contribution in [0, 0.1) is 0 Å². The van der Waals surface area contributed by atoms with Gasteiger partial charge in [-0.2, -0.15) is 0 Å². The molecule has 9 nitrogen and oxygen atoms in total. The van der Waals surface area contributed by atoms with Crippen molar-refractivity contribution in [3.63, 3.8) is 0 Å². The Bertz CT molecular complexity index is 494. The van der Waals surface area contributed by atoms with Crippen molar-refractivity contribution in [3.05, 3.63) is 0 Å². The summed E-state index contributed by atoms with van der Waals surface area (Å²) in [6.45, 7) is 9.37. The number of nitrogens with zero attached hydrogens (tertiary/aromatic N) is 2. The first kappa shape index (κ1) is 22.9. The van der Waals surface area contributed by atoms with Crippen LogP contribution in [0.25, 0.3) is 0 Å². The summed E-state index contributed by atoms with van der Waals surface area (Å²) in [7, 11) is 0. The molecule has 27 heavy (non-hydrogen) atoms. The van der Waals surface area contributed by atoms with Gasteiger partial charge in [-0.15, -0.1) is 0 Å². The van der Waals surface area contributed by atoms with Gasteiger partial charge in [-0.3, -0.25) is 9.59 Å². The molecule has 1 aliphatic rings. The molecule has 0 radical (unpaired) electrons. The highest BCUT2D eigenvalue weighted by Crippen LogP contribution is 2.30. The Morgan fingerprint density at radius 2 is 1.11 bits per heavy atom. The Morgan fingerprint density at radius 1 is 0.778 bits per heavy atom. The van der Waals surface area contributed by atoms with Crippen molar-refractivity contribution in [3.8, 4) is 0 Å². The van der Waals surface area contributed by atoms with E-state index in [4.69, 9.17) is 14.2 Å². The standard InChI is InChI=1S/C18H30N2O7/c1-5-19(6-2)14(21)9-11-25-16(23)18(13-27-18)17(24)26-12-10-15(22)20(7-3)8-4/h5-13H2,1-4H3. The molecule has 0 aromatic rings. The number of amides is 2. The quantitative estimate of drug-likeness (QED) is 0.271. The number of epoxide rings is 1. The van der Waals surface area contributed by atoms with E-state index in [1.165, 1.54) is 0 Å². The largest absolute Gasteiger partial charge is 0.462 e. The summed E-state index contributed by atoms with van der Waals surface area (Å²) in [5.41, 5.74) is -1.75. The van der Waals surface area contributed by atoms with E-state index in [1.54, 1.807) is 9.80 Å². The Morgan fingerprint density at radius 3 is 1.37 bits per heavy atom. The van der Waals surface area contributed by atoms with Crippen molar-refractivity contribution in [2.24, 2.45) is 0 Å². The lowest BCUT2D eigenvalue weighted by Gasteiger charge is -2.19. The molecule has 154 valence electrons. The second-order valence-corrected chi connectivity index (χ2v) is 6.02. The van der Waals surface area contributed by atoms with Crippen LogP contribution in [0.2, 0.25) is 0 Å². The first-order valence-corrected chi connectivity index (χ1v) is 9.40. The lowest BCUT2D eigenvalue weighted by molar-refractivity contribution is -0.164. The van der Waals surface area contributed by atoms with Crippen LogP contribution in [-0.4, -0.2) is 85.2 Å². The summed E-state index contributed by atoms with van der Waals surface area (Å²) < 4.78 is 15.0. The third-order valence-electron chi connectivity index (χ3n) is 4.42. The van der Waals surface area contributed by atoms with Crippen molar-refractivity contribution in [1.82, 2.24) is 9.80 Å². The number of carbonyl (C=O) groups is 4. The fraction of sp³-hybridized carbons (Fsp3) is 0.778. The van der Waals surface area contributed by atoms with E-state index in [9.17, 15) is 19.2 Å². The van der Waals surface area contributed by atoms with E-state index in [0.717, 1.165) is 0 Å². The van der Waals surface area contributed by atoms with E-state index in [2.05, 4.69) is 0 Å². The molecular formula is C18H30N2O7. The van der Waals surface area contributed by atoms with Gasteiger partial charge in [0.2, 0.25) is 11.8 Å². The molecule has 1 fully saturated rings. The number of hydrogen-bond acceptors (Lipinski definition) is 7. The maximum absolute atomic E-state index is 12.1. The minimum Gasteiger partial charge on any atom is -0.462 e. The topological polar surface area (TPSA) is 106 Å². The Labute approximate surface area is 159 Å². The molecule has 0 aliphatic carbocycles. The van der Waals surface area contributed by atoms with Gasteiger partial charge < -0.3 is 24.0 Å². The monoisotopic (exact) mass is 386 g/mol. The number of carbonyl (C=O) groups excluding carboxylic acids is 4. The van der Waals surface area contributed by atoms with Gasteiger partial charge in [-0.1, -0.05) is 0 Å². The summed E-state index contributed by atoms with van der Waals surface area (Å²) in [5.74, 6) is -1.99. The molecular weight excluding hydrogens is 356 g/mol. The maximum Gasteiger partial charge on any atom is 0.352 e. The normalized spacial score (nSPS) is 14.2. The predicted octanol–water partition coefficient (Wildman–Crippen LogP) is 0.359. The molecule has 1 aliphatic heterocycles. The Hall–Kier alpha value is -2.16. The molecule has 0 bridgehead atoms. The minimum atomic E-state index is -1.75. The number of hydrogen-bond donors (Lipinski definition) is 0. The zero-order valence-electron chi connectivity index (χ0n) is 16.6. The average molecular weight is 386 g/mol. The molecule has 0 atom stereocenters. The van der Waals surface area contributed by atoms with Crippen LogP contribution in [0.15, 0.2) is 0 Å². The smallest absolute Gasteiger partial charge is 0.352 e. The summed E-state index contributed by atoms with van der Waals surface area (Å²) in [5, 5.41) is 0. The van der Waals surface area contributed by atoms with Gasteiger partial charge in [0.25, 0.3) is 5.60 Å². The number of esters is 2. The minimum absolute atomic E-state index is 0.0386. The molecule has 1 rings (SSSR count). The molecule has 1 heterocycles. The van der Waals surface area contributed by atoms with Crippen LogP contribution in [0.5, 0.6) is 0 Å². The third kappa shape index (κ3) is 6.20. The lowest BCUT2D eigenvalue weighted by atomic mass is 10.2. The summed E-state index contributed by atoms with van der Waals surface area (Å²) >= 11 is 0. The van der Waals surface area contributed by atoms with Crippen LogP contribution in [0.3, 0.4) is 0 Å². The SMILES string of the molecule is CCN(CC)C(=O)CCOC(=O)C1(C(=O)OCCC(=O)N(CC)CC)CO1. The van der Waals surface area contributed by atoms with Gasteiger partial charge in [0.1, 0.15) is 19.8 Å². The molecule has 0 aromatic heterocycles. The van der Waals surface area contributed by atoms with Crippen molar-refractivity contribution in [2.75, 3.05) is 46.0 Å². The van der Waals surface area contributed by atoms with Crippen molar-refractivity contribution in [1.29, 1.82) is 0 Å². The van der Waals surface area contributed by atoms with E-state index in [1.807, 2.05) is 27.7 Å². The van der Waals surface area contributed by atoms with Crippen molar-refractivity contribution < 1.29 is 33.4 Å². The molecule has 0 spiro atoms. The predicted molar refractivity (Wildman–Crippen MR) is 95.7 cm³/mol. The highest BCUT2D eigenvalue weighted by molar-refractivity contribution is 6.06. The van der Waals surface area contributed by atoms with Crippen LogP contribution in [0.4, 0.5) is 0 Å². The number of rotatable bonds is 12. The summed E-state index contributed by atoms with van der Waals surface area (Å²) in [6, 6.07) is 0. The molecule has 1 saturated heterocycles. The highest BCUT2D eigenvalue weighted by atomic mass is 16.7. The van der Waals surface area contributed by atoms with Gasteiger partial charge in [-0.05, 0) is 27.7 Å². The van der Waals surface area contributed by atoms with E-state index < -0.39 is 17.5 Å². The van der Waals surface area contributed by atoms with Crippen LogP contribution in [0.1, 0.15) is 40.5 Å². The Kier molecular flexibility index (Phi) is 9.20. The van der Waals surface area contributed by atoms with E-state index >= 15 is 0 Å². The summed E-state index contributed by atoms with van der Waals surface area (Å²) in [6.07, 6.45) is 0.0772. The van der Waals surface area contributed by atoms with E-state index in [0.29, 0.717) is 26.2 Å². The van der Waals surface area contributed by atoms with Crippen molar-refractivity contribution in [2.45, 2.75) is 46.1 Å². The second-order valence-electron chi connectivity index (χ2n) is 6.02. The molecule has 0 unspecified atom stereocenters. The maximum atomic E-state index is 12.1. The summed E-state index contributed by atoms with van der Waals surface area (Å²) in [4.78, 5) is 51.2. The average Bonchev–Trinajstić information content (AvgIpc) is 3.45. The fourth-order valence-corrected chi connectivity index (χ4v) is 2.56. The van der Waals surface area contributed by atoms with E-state index in [-0.39, 0.29) is 44.5 Å². The van der Waals surface area contributed by atoms with Gasteiger partial charge in [0.15, 0.2) is 0 Å².